The standard InChI is InChI=1S/C12H12N2.2C2H6/c1-9-5-6-11(8-14-9)12-4-3-7-13-10(12)2;2*1-2/h3-8H,1-2H3;2*1-2H3. The van der Waals surface area contributed by atoms with Gasteiger partial charge in [0.2, 0.25) is 0 Å². The molecule has 98 valence electrons. The molecule has 2 rings (SSSR count). The number of pyridine rings is 2. The Morgan fingerprint density at radius 1 is 0.833 bits per heavy atom. The van der Waals surface area contributed by atoms with E-state index in [1.165, 1.54) is 0 Å². The molecule has 2 aromatic heterocycles. The molecule has 0 radical (unpaired) electrons. The van der Waals surface area contributed by atoms with Gasteiger partial charge in [0.25, 0.3) is 0 Å². The Morgan fingerprint density at radius 2 is 1.50 bits per heavy atom. The molecule has 0 N–H and O–H groups in total. The van der Waals surface area contributed by atoms with Crippen molar-refractivity contribution in [2.75, 3.05) is 0 Å². The molecule has 0 amide bonds. The van der Waals surface area contributed by atoms with Gasteiger partial charge in [-0.3, -0.25) is 9.97 Å². The second-order valence-corrected chi connectivity index (χ2v) is 3.32. The average molecular weight is 244 g/mol. The summed E-state index contributed by atoms with van der Waals surface area (Å²) in [5.41, 5.74) is 4.36. The number of rotatable bonds is 1. The van der Waals surface area contributed by atoms with Gasteiger partial charge in [-0.05, 0) is 26.0 Å². The van der Waals surface area contributed by atoms with E-state index in [1.54, 1.807) is 6.20 Å². The molecule has 2 heterocycles. The monoisotopic (exact) mass is 244 g/mol. The first-order valence-corrected chi connectivity index (χ1v) is 6.62. The summed E-state index contributed by atoms with van der Waals surface area (Å²) in [6.45, 7) is 12.0. The Morgan fingerprint density at radius 3 is 2.00 bits per heavy atom. The highest BCUT2D eigenvalue weighted by Gasteiger charge is 2.01. The van der Waals surface area contributed by atoms with Gasteiger partial charge >= 0.3 is 0 Å². The lowest BCUT2D eigenvalue weighted by atomic mass is 10.1. The molecule has 0 unspecified atom stereocenters. The van der Waals surface area contributed by atoms with Crippen molar-refractivity contribution in [1.29, 1.82) is 0 Å². The maximum Gasteiger partial charge on any atom is 0.0451 e. The molecule has 2 nitrogen and oxygen atoms in total. The van der Waals surface area contributed by atoms with Gasteiger partial charge in [0.05, 0.1) is 0 Å². The highest BCUT2D eigenvalue weighted by molar-refractivity contribution is 5.64. The Kier molecular flexibility index (Phi) is 8.46. The van der Waals surface area contributed by atoms with E-state index in [1.807, 2.05) is 59.9 Å². The molecule has 0 aliphatic heterocycles. The van der Waals surface area contributed by atoms with Crippen LogP contribution in [0.5, 0.6) is 0 Å². The smallest absolute Gasteiger partial charge is 0.0451 e. The minimum Gasteiger partial charge on any atom is -0.261 e. The van der Waals surface area contributed by atoms with E-state index in [2.05, 4.69) is 22.1 Å². The molecule has 0 aliphatic rings. The molecule has 0 saturated heterocycles. The van der Waals surface area contributed by atoms with Crippen molar-refractivity contribution in [2.45, 2.75) is 41.5 Å². The van der Waals surface area contributed by atoms with E-state index in [0.717, 1.165) is 22.5 Å². The van der Waals surface area contributed by atoms with Crippen LogP contribution < -0.4 is 0 Å². The zero-order chi connectivity index (χ0) is 14.0. The number of aryl methyl sites for hydroxylation is 2. The van der Waals surface area contributed by atoms with E-state index in [9.17, 15) is 0 Å². The van der Waals surface area contributed by atoms with Crippen LogP contribution in [-0.2, 0) is 0 Å². The highest BCUT2D eigenvalue weighted by atomic mass is 14.7. The van der Waals surface area contributed by atoms with Crippen LogP contribution in [0.25, 0.3) is 11.1 Å². The summed E-state index contributed by atoms with van der Waals surface area (Å²) in [5, 5.41) is 0. The molecule has 2 aromatic rings. The first kappa shape index (κ1) is 16.3. The third kappa shape index (κ3) is 4.66. The van der Waals surface area contributed by atoms with Gasteiger partial charge in [-0.15, -0.1) is 0 Å². The van der Waals surface area contributed by atoms with Crippen molar-refractivity contribution in [3.63, 3.8) is 0 Å². The third-order valence-electron chi connectivity index (χ3n) is 2.23. The summed E-state index contributed by atoms with van der Waals surface area (Å²) in [5.74, 6) is 0. The number of hydrogen-bond donors (Lipinski definition) is 0. The first-order chi connectivity index (χ1) is 8.77. The summed E-state index contributed by atoms with van der Waals surface area (Å²) >= 11 is 0. The predicted molar refractivity (Wildman–Crippen MR) is 79.6 cm³/mol. The van der Waals surface area contributed by atoms with E-state index in [0.29, 0.717) is 0 Å². The molecule has 0 bridgehead atoms. The van der Waals surface area contributed by atoms with Crippen molar-refractivity contribution in [2.24, 2.45) is 0 Å². The van der Waals surface area contributed by atoms with Crippen LogP contribution in [0.3, 0.4) is 0 Å². The van der Waals surface area contributed by atoms with Crippen LogP contribution in [0.15, 0.2) is 36.7 Å². The van der Waals surface area contributed by atoms with E-state index in [4.69, 9.17) is 0 Å². The lowest BCUT2D eigenvalue weighted by Gasteiger charge is -2.03. The summed E-state index contributed by atoms with van der Waals surface area (Å²) < 4.78 is 0. The first-order valence-electron chi connectivity index (χ1n) is 6.62. The van der Waals surface area contributed by atoms with Crippen LogP contribution in [-0.4, -0.2) is 9.97 Å². The van der Waals surface area contributed by atoms with Gasteiger partial charge in [-0.25, -0.2) is 0 Å². The fourth-order valence-corrected chi connectivity index (χ4v) is 1.42. The van der Waals surface area contributed by atoms with Gasteiger partial charge < -0.3 is 0 Å². The van der Waals surface area contributed by atoms with Crippen LogP contribution >= 0.6 is 0 Å². The average Bonchev–Trinajstić information content (AvgIpc) is 2.45. The van der Waals surface area contributed by atoms with Crippen LogP contribution in [0.4, 0.5) is 0 Å². The van der Waals surface area contributed by atoms with E-state index < -0.39 is 0 Å². The van der Waals surface area contributed by atoms with Gasteiger partial charge in [-0.1, -0.05) is 39.8 Å². The zero-order valence-corrected chi connectivity index (χ0v) is 12.4. The number of nitrogens with zero attached hydrogens (tertiary/aromatic N) is 2. The van der Waals surface area contributed by atoms with Crippen LogP contribution in [0, 0.1) is 13.8 Å². The Hall–Kier alpha value is -1.70. The summed E-state index contributed by atoms with van der Waals surface area (Å²) in [6, 6.07) is 8.10. The molecule has 0 spiro atoms. The molecule has 0 fully saturated rings. The predicted octanol–water partition coefficient (Wildman–Crippen LogP) is 4.81. The van der Waals surface area contributed by atoms with Gasteiger partial charge in [0.1, 0.15) is 0 Å². The minimum absolute atomic E-state index is 1.04. The number of hydrogen-bond acceptors (Lipinski definition) is 2. The van der Waals surface area contributed by atoms with Crippen molar-refractivity contribution >= 4 is 0 Å². The SMILES string of the molecule is CC.CC.Cc1ccc(-c2cccnc2C)cn1. The lowest BCUT2D eigenvalue weighted by Crippen LogP contribution is -1.88. The molecule has 18 heavy (non-hydrogen) atoms. The molecular formula is C16H24N2. The Bertz CT molecular complexity index is 433. The Labute approximate surface area is 111 Å². The van der Waals surface area contributed by atoms with Gasteiger partial charge in [-0.2, -0.15) is 0 Å². The number of aromatic nitrogens is 2. The molecule has 2 heteroatoms. The fourth-order valence-electron chi connectivity index (χ4n) is 1.42. The fraction of sp³-hybridized carbons (Fsp3) is 0.375. The van der Waals surface area contributed by atoms with Gasteiger partial charge in [0.15, 0.2) is 0 Å². The second kappa shape index (κ2) is 9.34. The van der Waals surface area contributed by atoms with Crippen molar-refractivity contribution in [1.82, 2.24) is 9.97 Å². The van der Waals surface area contributed by atoms with Gasteiger partial charge in [0, 0.05) is 34.9 Å². The molecule has 0 aliphatic carbocycles. The zero-order valence-electron chi connectivity index (χ0n) is 12.4. The van der Waals surface area contributed by atoms with Crippen molar-refractivity contribution in [3.05, 3.63) is 48.0 Å². The molecule has 0 atom stereocenters. The third-order valence-corrected chi connectivity index (χ3v) is 2.23. The topological polar surface area (TPSA) is 25.8 Å². The molecule has 0 saturated carbocycles. The minimum atomic E-state index is 1.04. The highest BCUT2D eigenvalue weighted by Crippen LogP contribution is 2.20. The lowest BCUT2D eigenvalue weighted by molar-refractivity contribution is 1.18. The van der Waals surface area contributed by atoms with Crippen molar-refractivity contribution in [3.8, 4) is 11.1 Å². The normalized spacial score (nSPS) is 8.56. The van der Waals surface area contributed by atoms with E-state index in [-0.39, 0.29) is 0 Å². The summed E-state index contributed by atoms with van der Waals surface area (Å²) in [4.78, 5) is 8.52. The van der Waals surface area contributed by atoms with Crippen LogP contribution in [0.2, 0.25) is 0 Å². The van der Waals surface area contributed by atoms with E-state index >= 15 is 0 Å². The molecular weight excluding hydrogens is 220 g/mol. The maximum absolute atomic E-state index is 4.27. The van der Waals surface area contributed by atoms with Crippen molar-refractivity contribution < 1.29 is 0 Å². The van der Waals surface area contributed by atoms with Crippen LogP contribution in [0.1, 0.15) is 39.1 Å². The largest absolute Gasteiger partial charge is 0.261 e. The summed E-state index contributed by atoms with van der Waals surface area (Å²) in [6.07, 6.45) is 3.69. The Balaban J connectivity index is 0.000000659. The second-order valence-electron chi connectivity index (χ2n) is 3.32. The summed E-state index contributed by atoms with van der Waals surface area (Å²) in [7, 11) is 0. The maximum atomic E-state index is 4.27. The quantitative estimate of drug-likeness (QED) is 0.719. The molecule has 0 aromatic carbocycles.